The van der Waals surface area contributed by atoms with Gasteiger partial charge in [-0.2, -0.15) is 0 Å². The molecule has 8 heteroatoms. The molecule has 0 aliphatic rings. The Bertz CT molecular complexity index is 571. The summed E-state index contributed by atoms with van der Waals surface area (Å²) in [6.45, 7) is 0. The van der Waals surface area contributed by atoms with E-state index in [1.807, 2.05) is 0 Å². The van der Waals surface area contributed by atoms with Crippen LogP contribution in [0.5, 0.6) is 0 Å². The van der Waals surface area contributed by atoms with Crippen molar-refractivity contribution in [3.63, 3.8) is 0 Å². The van der Waals surface area contributed by atoms with Crippen molar-refractivity contribution in [3.8, 4) is 23.2 Å². The first-order chi connectivity index (χ1) is 9.93. The Hall–Kier alpha value is -3.16. The molecule has 4 rings (SSSR count). The van der Waals surface area contributed by atoms with Gasteiger partial charge >= 0.3 is 0 Å². The summed E-state index contributed by atoms with van der Waals surface area (Å²) in [5, 5.41) is 7.32. The van der Waals surface area contributed by atoms with Crippen molar-refractivity contribution in [1.29, 1.82) is 0 Å². The largest absolute Gasteiger partial charge is 0.441 e. The molecule has 0 atom stereocenters. The maximum absolute atomic E-state index is 4.91. The second-order valence-corrected chi connectivity index (χ2v) is 3.44. The third-order valence-corrected chi connectivity index (χ3v) is 2.19. The minimum absolute atomic E-state index is 0.407. The van der Waals surface area contributed by atoms with Crippen LogP contribution in [-0.2, 0) is 0 Å². The van der Waals surface area contributed by atoms with Crippen molar-refractivity contribution in [1.82, 2.24) is 20.3 Å². The highest BCUT2D eigenvalue weighted by atomic mass is 16.5. The molecule has 0 aliphatic carbocycles. The van der Waals surface area contributed by atoms with E-state index in [1.54, 1.807) is 24.5 Å². The SMILES string of the molecule is c1cc(-c2ccon2)no1.c1coc(-c2ncco2)n1. The lowest BCUT2D eigenvalue weighted by Crippen LogP contribution is -1.72. The van der Waals surface area contributed by atoms with Crippen molar-refractivity contribution in [2.75, 3.05) is 0 Å². The van der Waals surface area contributed by atoms with E-state index in [0.29, 0.717) is 23.2 Å². The molecule has 4 heterocycles. The predicted molar refractivity (Wildman–Crippen MR) is 64.0 cm³/mol. The Kier molecular flexibility index (Phi) is 3.36. The highest BCUT2D eigenvalue weighted by Crippen LogP contribution is 2.13. The van der Waals surface area contributed by atoms with E-state index in [2.05, 4.69) is 29.3 Å². The quantitative estimate of drug-likeness (QED) is 0.548. The highest BCUT2D eigenvalue weighted by Gasteiger charge is 2.04. The average Bonchev–Trinajstić information content (AvgIpc) is 3.29. The van der Waals surface area contributed by atoms with Gasteiger partial charge in [-0.05, 0) is 0 Å². The Morgan fingerprint density at radius 3 is 1.45 bits per heavy atom. The molecule has 4 aromatic rings. The summed E-state index contributed by atoms with van der Waals surface area (Å²) in [5.74, 6) is 0.815. The van der Waals surface area contributed by atoms with Gasteiger partial charge in [0.1, 0.15) is 36.4 Å². The lowest BCUT2D eigenvalue weighted by atomic mass is 10.3. The Labute approximate surface area is 112 Å². The van der Waals surface area contributed by atoms with Crippen molar-refractivity contribution in [3.05, 3.63) is 49.6 Å². The number of hydrogen-bond donors (Lipinski definition) is 0. The third-order valence-electron chi connectivity index (χ3n) is 2.19. The Balaban J connectivity index is 0.000000121. The Morgan fingerprint density at radius 1 is 0.650 bits per heavy atom. The van der Waals surface area contributed by atoms with Crippen molar-refractivity contribution in [2.24, 2.45) is 0 Å². The maximum Gasteiger partial charge on any atom is 0.283 e. The molecule has 0 aromatic carbocycles. The van der Waals surface area contributed by atoms with Crippen molar-refractivity contribution >= 4 is 0 Å². The topological polar surface area (TPSA) is 104 Å². The van der Waals surface area contributed by atoms with Gasteiger partial charge in [0.15, 0.2) is 0 Å². The molecular formula is C12H8N4O4. The highest BCUT2D eigenvalue weighted by molar-refractivity contribution is 5.50. The fraction of sp³-hybridized carbons (Fsp3) is 0. The molecule has 0 unspecified atom stereocenters. The van der Waals surface area contributed by atoms with Gasteiger partial charge in [0.05, 0.1) is 12.4 Å². The van der Waals surface area contributed by atoms with Crippen molar-refractivity contribution in [2.45, 2.75) is 0 Å². The molecule has 0 radical (unpaired) electrons. The lowest BCUT2D eigenvalue weighted by Gasteiger charge is -1.81. The van der Waals surface area contributed by atoms with Gasteiger partial charge in [-0.3, -0.25) is 0 Å². The van der Waals surface area contributed by atoms with E-state index in [9.17, 15) is 0 Å². The fourth-order valence-corrected chi connectivity index (χ4v) is 1.35. The zero-order valence-electron chi connectivity index (χ0n) is 10.0. The molecule has 0 saturated carbocycles. The maximum atomic E-state index is 4.91. The van der Waals surface area contributed by atoms with Gasteiger partial charge in [-0.15, -0.1) is 0 Å². The van der Waals surface area contributed by atoms with Gasteiger partial charge in [-0.25, -0.2) is 9.97 Å². The monoisotopic (exact) mass is 272 g/mol. The second-order valence-electron chi connectivity index (χ2n) is 3.44. The van der Waals surface area contributed by atoms with Crippen LogP contribution in [0.25, 0.3) is 23.2 Å². The molecule has 0 spiro atoms. The zero-order valence-corrected chi connectivity index (χ0v) is 10.0. The molecule has 0 fully saturated rings. The van der Waals surface area contributed by atoms with Crippen LogP contribution in [0.3, 0.4) is 0 Å². The minimum Gasteiger partial charge on any atom is -0.441 e. The first-order valence-corrected chi connectivity index (χ1v) is 5.54. The summed E-state index contributed by atoms with van der Waals surface area (Å²) >= 11 is 0. The second kappa shape index (κ2) is 5.65. The summed E-state index contributed by atoms with van der Waals surface area (Å²) in [5.41, 5.74) is 1.38. The molecule has 0 N–H and O–H groups in total. The third kappa shape index (κ3) is 2.64. The molecular weight excluding hydrogens is 264 g/mol. The summed E-state index contributed by atoms with van der Waals surface area (Å²) in [7, 11) is 0. The van der Waals surface area contributed by atoms with Crippen LogP contribution in [0.15, 0.2) is 67.5 Å². The van der Waals surface area contributed by atoms with E-state index in [4.69, 9.17) is 8.83 Å². The van der Waals surface area contributed by atoms with Gasteiger partial charge in [-0.1, -0.05) is 10.3 Å². The normalized spacial score (nSPS) is 10.0. The summed E-state index contributed by atoms with van der Waals surface area (Å²) in [6, 6.07) is 3.44. The van der Waals surface area contributed by atoms with Crippen LogP contribution in [0.4, 0.5) is 0 Å². The zero-order chi connectivity index (χ0) is 13.6. The molecule has 0 bridgehead atoms. The first-order valence-electron chi connectivity index (χ1n) is 5.54. The van der Waals surface area contributed by atoms with Crippen LogP contribution < -0.4 is 0 Å². The number of nitrogens with zero attached hydrogens (tertiary/aromatic N) is 4. The van der Waals surface area contributed by atoms with E-state index >= 15 is 0 Å². The smallest absolute Gasteiger partial charge is 0.283 e. The van der Waals surface area contributed by atoms with Crippen LogP contribution in [0, 0.1) is 0 Å². The predicted octanol–water partition coefficient (Wildman–Crippen LogP) is 2.66. The van der Waals surface area contributed by atoms with Crippen LogP contribution in [0.2, 0.25) is 0 Å². The summed E-state index contributed by atoms with van der Waals surface area (Å²) < 4.78 is 19.0. The minimum atomic E-state index is 0.407. The van der Waals surface area contributed by atoms with Gasteiger partial charge < -0.3 is 17.9 Å². The lowest BCUT2D eigenvalue weighted by molar-refractivity contribution is 0.413. The van der Waals surface area contributed by atoms with Crippen molar-refractivity contribution < 1.29 is 17.9 Å². The molecule has 4 aromatic heterocycles. The number of rotatable bonds is 2. The van der Waals surface area contributed by atoms with E-state index in [0.717, 1.165) is 0 Å². The van der Waals surface area contributed by atoms with Crippen LogP contribution in [-0.4, -0.2) is 20.3 Å². The number of oxazole rings is 2. The van der Waals surface area contributed by atoms with E-state index in [1.165, 1.54) is 25.1 Å². The summed E-state index contributed by atoms with van der Waals surface area (Å²) in [4.78, 5) is 7.67. The standard InChI is InChI=1S/2C6H4N2O2/c1-3-9-5(7-1)6-8-2-4-10-6;1-3-9-7-5(1)6-2-4-10-8-6/h2*1-4H. The fourth-order valence-electron chi connectivity index (χ4n) is 1.35. The van der Waals surface area contributed by atoms with Gasteiger partial charge in [0.2, 0.25) is 0 Å². The number of aromatic nitrogens is 4. The van der Waals surface area contributed by atoms with E-state index in [-0.39, 0.29) is 0 Å². The number of hydrogen-bond acceptors (Lipinski definition) is 8. The molecule has 8 nitrogen and oxygen atoms in total. The van der Waals surface area contributed by atoms with Gasteiger partial charge in [0, 0.05) is 12.1 Å². The molecule has 0 saturated heterocycles. The molecule has 0 aliphatic heterocycles. The van der Waals surface area contributed by atoms with Crippen LogP contribution in [0.1, 0.15) is 0 Å². The summed E-state index contributed by atoms with van der Waals surface area (Å²) in [6.07, 6.45) is 9.01. The molecule has 20 heavy (non-hydrogen) atoms. The van der Waals surface area contributed by atoms with Gasteiger partial charge in [0.25, 0.3) is 11.8 Å². The van der Waals surface area contributed by atoms with Crippen LogP contribution >= 0.6 is 0 Å². The molecule has 0 amide bonds. The Morgan fingerprint density at radius 2 is 1.15 bits per heavy atom. The molecule has 100 valence electrons. The van der Waals surface area contributed by atoms with E-state index < -0.39 is 0 Å². The average molecular weight is 272 g/mol. The first kappa shape index (κ1) is 11.9.